The molecule has 0 radical (unpaired) electrons. The minimum Gasteiger partial charge on any atom is -0.748 e. The molecule has 0 aromatic heterocycles. The van der Waals surface area contributed by atoms with Crippen LogP contribution in [0.5, 0.6) is 0 Å². The van der Waals surface area contributed by atoms with E-state index in [4.69, 9.17) is 0 Å². The van der Waals surface area contributed by atoms with Crippen molar-refractivity contribution in [3.05, 3.63) is 0 Å². The van der Waals surface area contributed by atoms with Crippen LogP contribution < -0.4 is 29.6 Å². The molecule has 0 bridgehead atoms. The standard InChI is InChI=1S/C19H40O4S.Na/c1-3-5-7-8-9-10-11-12-14-15-18(20)17-19(24(21,22)23)16-13-6-4-2;/h18-20H,3-17H2,1-2H3,(H,21,22,23);/q;+1/p-1. The maximum absolute atomic E-state index is 11.3. The van der Waals surface area contributed by atoms with Crippen LogP contribution in [0.15, 0.2) is 0 Å². The SMILES string of the molecule is CCCCCCCCCCCC(O)CC(CCCCC)S(=O)(=O)[O-].[Na+]. The number of aliphatic hydroxyl groups excluding tert-OH is 1. The van der Waals surface area contributed by atoms with Gasteiger partial charge in [-0.25, -0.2) is 8.42 Å². The minimum atomic E-state index is -4.30. The van der Waals surface area contributed by atoms with Crippen molar-refractivity contribution in [2.75, 3.05) is 0 Å². The molecule has 0 aromatic rings. The molecule has 0 rings (SSSR count). The Hall–Kier alpha value is 0.870. The molecule has 0 aliphatic rings. The van der Waals surface area contributed by atoms with Gasteiger partial charge in [0.1, 0.15) is 0 Å². The first-order chi connectivity index (χ1) is 11.4. The number of unbranched alkanes of at least 4 members (excludes halogenated alkanes) is 10. The third-order valence-corrected chi connectivity index (χ3v) is 5.96. The number of aliphatic hydroxyl groups is 1. The van der Waals surface area contributed by atoms with Gasteiger partial charge in [-0.2, -0.15) is 0 Å². The zero-order valence-corrected chi connectivity index (χ0v) is 19.7. The summed E-state index contributed by atoms with van der Waals surface area (Å²) in [7, 11) is -4.30. The maximum Gasteiger partial charge on any atom is 1.00 e. The zero-order chi connectivity index (χ0) is 18.3. The summed E-state index contributed by atoms with van der Waals surface area (Å²) in [5.74, 6) is 0. The summed E-state index contributed by atoms with van der Waals surface area (Å²) in [6, 6.07) is 0. The summed E-state index contributed by atoms with van der Waals surface area (Å²) in [6.07, 6.45) is 14.1. The fourth-order valence-electron chi connectivity index (χ4n) is 3.11. The summed E-state index contributed by atoms with van der Waals surface area (Å²) in [6.45, 7) is 4.26. The molecule has 4 nitrogen and oxygen atoms in total. The average molecular weight is 387 g/mol. The number of hydrogen-bond donors (Lipinski definition) is 1. The first-order valence-corrected chi connectivity index (χ1v) is 11.5. The van der Waals surface area contributed by atoms with Gasteiger partial charge in [-0.1, -0.05) is 90.9 Å². The van der Waals surface area contributed by atoms with Crippen LogP contribution >= 0.6 is 0 Å². The molecule has 6 heteroatoms. The van der Waals surface area contributed by atoms with Crippen LogP contribution in [0.3, 0.4) is 0 Å². The van der Waals surface area contributed by atoms with E-state index in [0.717, 1.165) is 32.1 Å². The molecule has 0 aliphatic heterocycles. The summed E-state index contributed by atoms with van der Waals surface area (Å²) in [4.78, 5) is 0. The summed E-state index contributed by atoms with van der Waals surface area (Å²) in [5.41, 5.74) is 0. The van der Waals surface area contributed by atoms with E-state index in [0.29, 0.717) is 12.8 Å². The average Bonchev–Trinajstić information content (AvgIpc) is 2.51. The quantitative estimate of drug-likeness (QED) is 0.236. The van der Waals surface area contributed by atoms with Gasteiger partial charge in [0.25, 0.3) is 0 Å². The van der Waals surface area contributed by atoms with E-state index in [9.17, 15) is 18.1 Å². The molecule has 2 atom stereocenters. The van der Waals surface area contributed by atoms with Crippen LogP contribution in [0.2, 0.25) is 0 Å². The minimum absolute atomic E-state index is 0. The monoisotopic (exact) mass is 386 g/mol. The van der Waals surface area contributed by atoms with Gasteiger partial charge in [0.2, 0.25) is 0 Å². The topological polar surface area (TPSA) is 77.4 Å². The first-order valence-electron chi connectivity index (χ1n) is 10.0. The Balaban J connectivity index is 0. The van der Waals surface area contributed by atoms with E-state index in [-0.39, 0.29) is 36.0 Å². The largest absolute Gasteiger partial charge is 1.00 e. The molecule has 0 aliphatic carbocycles. The van der Waals surface area contributed by atoms with Gasteiger partial charge in [0.05, 0.1) is 21.5 Å². The molecule has 146 valence electrons. The zero-order valence-electron chi connectivity index (χ0n) is 16.8. The second kappa shape index (κ2) is 18.2. The van der Waals surface area contributed by atoms with Crippen molar-refractivity contribution in [2.24, 2.45) is 0 Å². The molecular weight excluding hydrogens is 347 g/mol. The number of rotatable bonds is 17. The molecule has 2 unspecified atom stereocenters. The Kier molecular flexibility index (Phi) is 20.5. The van der Waals surface area contributed by atoms with E-state index in [1.54, 1.807) is 0 Å². The summed E-state index contributed by atoms with van der Waals surface area (Å²) >= 11 is 0. The van der Waals surface area contributed by atoms with Crippen LogP contribution in [-0.4, -0.2) is 29.4 Å². The molecular formula is C19H39NaO4S. The summed E-state index contributed by atoms with van der Waals surface area (Å²) in [5, 5.41) is 9.12. The van der Waals surface area contributed by atoms with E-state index in [2.05, 4.69) is 6.92 Å². The van der Waals surface area contributed by atoms with Crippen molar-refractivity contribution in [3.8, 4) is 0 Å². The van der Waals surface area contributed by atoms with Gasteiger partial charge < -0.3 is 9.66 Å². The fraction of sp³-hybridized carbons (Fsp3) is 1.00. The molecule has 0 aromatic carbocycles. The van der Waals surface area contributed by atoms with Crippen molar-refractivity contribution in [2.45, 2.75) is 122 Å². The second-order valence-electron chi connectivity index (χ2n) is 7.12. The molecule has 0 spiro atoms. The molecule has 0 saturated heterocycles. The van der Waals surface area contributed by atoms with Gasteiger partial charge in [-0.3, -0.25) is 0 Å². The van der Waals surface area contributed by atoms with Crippen LogP contribution in [0.1, 0.15) is 110 Å². The van der Waals surface area contributed by atoms with Crippen molar-refractivity contribution >= 4 is 10.1 Å². The van der Waals surface area contributed by atoms with Crippen LogP contribution in [-0.2, 0) is 10.1 Å². The Morgan fingerprint density at radius 3 is 1.64 bits per heavy atom. The Labute approximate surface area is 178 Å². The smallest absolute Gasteiger partial charge is 0.748 e. The van der Waals surface area contributed by atoms with Crippen molar-refractivity contribution in [3.63, 3.8) is 0 Å². The van der Waals surface area contributed by atoms with Crippen molar-refractivity contribution in [1.82, 2.24) is 0 Å². The van der Waals surface area contributed by atoms with Gasteiger partial charge in [-0.15, -0.1) is 0 Å². The molecule has 1 N–H and O–H groups in total. The molecule has 0 saturated carbocycles. The molecule has 0 fully saturated rings. The van der Waals surface area contributed by atoms with Gasteiger partial charge in [-0.05, 0) is 19.3 Å². The van der Waals surface area contributed by atoms with Crippen LogP contribution in [0.4, 0.5) is 0 Å². The normalized spacial score (nSPS) is 14.1. The molecule has 0 amide bonds. The predicted molar refractivity (Wildman–Crippen MR) is 100 cm³/mol. The predicted octanol–water partition coefficient (Wildman–Crippen LogP) is 2.16. The van der Waals surface area contributed by atoms with E-state index in [1.165, 1.54) is 44.9 Å². The van der Waals surface area contributed by atoms with Crippen LogP contribution in [0.25, 0.3) is 0 Å². The van der Waals surface area contributed by atoms with Gasteiger partial charge in [0, 0.05) is 0 Å². The van der Waals surface area contributed by atoms with Crippen LogP contribution in [0, 0.1) is 0 Å². The Morgan fingerprint density at radius 1 is 0.760 bits per heavy atom. The van der Waals surface area contributed by atoms with E-state index < -0.39 is 21.5 Å². The summed E-state index contributed by atoms with van der Waals surface area (Å²) < 4.78 is 34.0. The van der Waals surface area contributed by atoms with E-state index in [1.807, 2.05) is 6.92 Å². The first kappa shape index (κ1) is 28.1. The van der Waals surface area contributed by atoms with Crippen molar-refractivity contribution in [1.29, 1.82) is 0 Å². The Bertz CT molecular complexity index is 374. The second-order valence-corrected chi connectivity index (χ2v) is 8.77. The Morgan fingerprint density at radius 2 is 1.16 bits per heavy atom. The molecule has 25 heavy (non-hydrogen) atoms. The van der Waals surface area contributed by atoms with Crippen molar-refractivity contribution < 1.29 is 47.6 Å². The molecule has 0 heterocycles. The number of hydrogen-bond acceptors (Lipinski definition) is 4. The fourth-order valence-corrected chi connectivity index (χ4v) is 4.03. The van der Waals surface area contributed by atoms with Gasteiger partial charge >= 0.3 is 29.6 Å². The third kappa shape index (κ3) is 18.0. The van der Waals surface area contributed by atoms with E-state index >= 15 is 0 Å². The third-order valence-electron chi connectivity index (χ3n) is 4.71. The maximum atomic E-state index is 11.3. The van der Waals surface area contributed by atoms with Gasteiger partial charge in [0.15, 0.2) is 0 Å².